The second-order valence-electron chi connectivity index (χ2n) is 3.03. The minimum Gasteiger partial charge on any atom is -0.477 e. The number of aromatic nitrogens is 1. The number of nitrogens with zero attached hydrogens (tertiary/aromatic N) is 1. The molecule has 0 radical (unpaired) electrons. The van der Waals surface area contributed by atoms with E-state index < -0.39 is 12.1 Å². The molecule has 0 bridgehead atoms. The van der Waals surface area contributed by atoms with E-state index in [1.165, 1.54) is 12.1 Å². The number of amides is 1. The lowest BCUT2D eigenvalue weighted by Gasteiger charge is -2.08. The van der Waals surface area contributed by atoms with E-state index in [9.17, 15) is 9.59 Å². The number of nitrogen functional groups attached to an aromatic ring is 1. The summed E-state index contributed by atoms with van der Waals surface area (Å²) in [6.07, 6.45) is -0.882. The van der Waals surface area contributed by atoms with Crippen LogP contribution in [0.15, 0.2) is 12.1 Å². The summed E-state index contributed by atoms with van der Waals surface area (Å²) in [5.74, 6) is -0.931. The third-order valence-electron chi connectivity index (χ3n) is 1.78. The summed E-state index contributed by atoms with van der Waals surface area (Å²) in [7, 11) is 0. The zero-order valence-electron chi connectivity index (χ0n) is 8.84. The lowest BCUT2D eigenvalue weighted by atomic mass is 10.3. The number of carbonyl (C=O) groups is 2. The van der Waals surface area contributed by atoms with Crippen molar-refractivity contribution < 1.29 is 19.4 Å². The van der Waals surface area contributed by atoms with E-state index in [1.807, 2.05) is 0 Å². The number of carboxylic acid groups (broad SMARTS) is 1. The molecule has 0 fully saturated rings. The molecule has 0 aromatic carbocycles. The van der Waals surface area contributed by atoms with Crippen molar-refractivity contribution in [2.24, 2.45) is 5.73 Å². The smallest absolute Gasteiger partial charge is 0.404 e. The molecule has 17 heavy (non-hydrogen) atoms. The topological polar surface area (TPSA) is 141 Å². The lowest BCUT2D eigenvalue weighted by molar-refractivity contribution is 0.0690. The molecule has 0 aliphatic rings. The maximum absolute atomic E-state index is 10.7. The molecular weight excluding hydrogens is 228 g/mol. The molecule has 1 aromatic rings. The largest absolute Gasteiger partial charge is 0.477 e. The number of primary amides is 1. The summed E-state index contributed by atoms with van der Waals surface area (Å²) < 4.78 is 4.47. The normalized spacial score (nSPS) is 9.65. The van der Waals surface area contributed by atoms with Crippen molar-refractivity contribution in [3.05, 3.63) is 17.8 Å². The van der Waals surface area contributed by atoms with Crippen molar-refractivity contribution in [1.29, 1.82) is 0 Å². The van der Waals surface area contributed by atoms with Crippen molar-refractivity contribution in [1.82, 2.24) is 4.98 Å². The third-order valence-corrected chi connectivity index (χ3v) is 1.78. The van der Waals surface area contributed by atoms with Crippen LogP contribution >= 0.6 is 0 Å². The van der Waals surface area contributed by atoms with Crippen LogP contribution < -0.4 is 16.8 Å². The number of pyridine rings is 1. The van der Waals surface area contributed by atoms with E-state index >= 15 is 0 Å². The Balaban J connectivity index is 2.60. The minimum absolute atomic E-state index is 0.0355. The van der Waals surface area contributed by atoms with Gasteiger partial charge in [0.15, 0.2) is 5.69 Å². The molecule has 8 heteroatoms. The molecule has 0 spiro atoms. The van der Waals surface area contributed by atoms with E-state index in [-0.39, 0.29) is 24.7 Å². The molecule has 0 aliphatic carbocycles. The number of hydrogen-bond acceptors (Lipinski definition) is 6. The zero-order valence-corrected chi connectivity index (χ0v) is 8.84. The Hall–Kier alpha value is -2.51. The standard InChI is InChI=1S/C9H12N4O4/c10-5-1-2-6(8(14)15)13-7(5)12-3-4-17-9(11)16/h1-2H,3-4,10H2,(H2,11,16)(H,12,13)(H,14,15). The summed E-state index contributed by atoms with van der Waals surface area (Å²) in [4.78, 5) is 24.7. The lowest BCUT2D eigenvalue weighted by Crippen LogP contribution is -2.19. The van der Waals surface area contributed by atoms with Gasteiger partial charge in [0.05, 0.1) is 12.2 Å². The first-order valence-corrected chi connectivity index (χ1v) is 4.66. The van der Waals surface area contributed by atoms with Crippen LogP contribution in [-0.2, 0) is 4.74 Å². The minimum atomic E-state index is -1.15. The Morgan fingerprint density at radius 3 is 2.76 bits per heavy atom. The van der Waals surface area contributed by atoms with E-state index in [1.54, 1.807) is 0 Å². The summed E-state index contributed by atoms with van der Waals surface area (Å²) in [6, 6.07) is 2.72. The van der Waals surface area contributed by atoms with Gasteiger partial charge in [-0.25, -0.2) is 14.6 Å². The van der Waals surface area contributed by atoms with Crippen LogP contribution in [0.3, 0.4) is 0 Å². The van der Waals surface area contributed by atoms with Gasteiger partial charge in [0, 0.05) is 0 Å². The van der Waals surface area contributed by atoms with Gasteiger partial charge in [-0.1, -0.05) is 0 Å². The first-order valence-electron chi connectivity index (χ1n) is 4.66. The number of anilines is 2. The van der Waals surface area contributed by atoms with Crippen LogP contribution in [0.25, 0.3) is 0 Å². The van der Waals surface area contributed by atoms with Gasteiger partial charge in [-0.05, 0) is 12.1 Å². The maximum atomic E-state index is 10.7. The molecule has 0 aliphatic heterocycles. The molecule has 0 saturated heterocycles. The highest BCUT2D eigenvalue weighted by atomic mass is 16.5. The van der Waals surface area contributed by atoms with Gasteiger partial charge < -0.3 is 26.6 Å². The van der Waals surface area contributed by atoms with E-state index in [2.05, 4.69) is 15.0 Å². The van der Waals surface area contributed by atoms with Gasteiger partial charge in [0.25, 0.3) is 0 Å². The highest BCUT2D eigenvalue weighted by Crippen LogP contribution is 2.15. The van der Waals surface area contributed by atoms with Crippen LogP contribution in [0.5, 0.6) is 0 Å². The van der Waals surface area contributed by atoms with Gasteiger partial charge in [-0.2, -0.15) is 0 Å². The quantitative estimate of drug-likeness (QED) is 0.525. The fraction of sp³-hybridized carbons (Fsp3) is 0.222. The molecule has 1 heterocycles. The van der Waals surface area contributed by atoms with E-state index in [0.717, 1.165) is 0 Å². The first kappa shape index (κ1) is 12.6. The zero-order chi connectivity index (χ0) is 12.8. The summed E-state index contributed by atoms with van der Waals surface area (Å²) in [5.41, 5.74) is 10.5. The van der Waals surface area contributed by atoms with Crippen molar-refractivity contribution in [2.75, 3.05) is 24.2 Å². The highest BCUT2D eigenvalue weighted by molar-refractivity contribution is 5.86. The number of nitrogens with two attached hydrogens (primary N) is 2. The number of hydrogen-bond donors (Lipinski definition) is 4. The molecule has 92 valence electrons. The van der Waals surface area contributed by atoms with Gasteiger partial charge in [0.1, 0.15) is 12.4 Å². The Morgan fingerprint density at radius 1 is 1.47 bits per heavy atom. The predicted molar refractivity (Wildman–Crippen MR) is 59.6 cm³/mol. The monoisotopic (exact) mass is 240 g/mol. The molecular formula is C9H12N4O4. The third kappa shape index (κ3) is 3.86. The fourth-order valence-corrected chi connectivity index (χ4v) is 1.05. The Bertz CT molecular complexity index is 435. The first-order chi connectivity index (χ1) is 8.00. The summed E-state index contributed by atoms with van der Waals surface area (Å²) in [5, 5.41) is 11.5. The van der Waals surface area contributed by atoms with Crippen molar-refractivity contribution in [3.63, 3.8) is 0 Å². The number of aromatic carboxylic acids is 1. The van der Waals surface area contributed by atoms with Gasteiger partial charge in [-0.15, -0.1) is 0 Å². The van der Waals surface area contributed by atoms with Crippen molar-refractivity contribution >= 4 is 23.6 Å². The molecule has 8 nitrogen and oxygen atoms in total. The maximum Gasteiger partial charge on any atom is 0.404 e. The second-order valence-corrected chi connectivity index (χ2v) is 3.03. The van der Waals surface area contributed by atoms with Crippen LogP contribution in [-0.4, -0.2) is 35.3 Å². The van der Waals surface area contributed by atoms with Crippen molar-refractivity contribution in [2.45, 2.75) is 0 Å². The SMILES string of the molecule is NC(=O)OCCNc1nc(C(=O)O)ccc1N. The molecule has 6 N–H and O–H groups in total. The Morgan fingerprint density at radius 2 is 2.18 bits per heavy atom. The predicted octanol–water partition coefficient (Wildman–Crippen LogP) is -0.131. The average Bonchev–Trinajstić information content (AvgIpc) is 2.25. The highest BCUT2D eigenvalue weighted by Gasteiger charge is 2.08. The molecule has 1 rings (SSSR count). The second kappa shape index (κ2) is 5.54. The van der Waals surface area contributed by atoms with Gasteiger partial charge in [-0.3, -0.25) is 0 Å². The number of ether oxygens (including phenoxy) is 1. The van der Waals surface area contributed by atoms with E-state index in [4.69, 9.17) is 16.6 Å². The number of nitrogens with one attached hydrogen (secondary N) is 1. The molecule has 0 atom stereocenters. The van der Waals surface area contributed by atoms with Crippen LogP contribution in [0.2, 0.25) is 0 Å². The van der Waals surface area contributed by atoms with E-state index in [0.29, 0.717) is 5.69 Å². The Labute approximate surface area is 96.6 Å². The Kier molecular flexibility index (Phi) is 4.09. The molecule has 1 amide bonds. The molecule has 0 saturated carbocycles. The van der Waals surface area contributed by atoms with Crippen molar-refractivity contribution in [3.8, 4) is 0 Å². The van der Waals surface area contributed by atoms with Crippen LogP contribution in [0.4, 0.5) is 16.3 Å². The number of carbonyl (C=O) groups excluding carboxylic acids is 1. The number of carboxylic acids is 1. The molecule has 1 aromatic heterocycles. The van der Waals surface area contributed by atoms with Gasteiger partial charge in [0.2, 0.25) is 0 Å². The summed E-state index contributed by atoms with van der Waals surface area (Å²) >= 11 is 0. The van der Waals surface area contributed by atoms with Crippen LogP contribution in [0.1, 0.15) is 10.5 Å². The average molecular weight is 240 g/mol. The number of rotatable bonds is 5. The molecule has 0 unspecified atom stereocenters. The summed E-state index contributed by atoms with van der Waals surface area (Å²) in [6.45, 7) is 0.261. The van der Waals surface area contributed by atoms with Gasteiger partial charge >= 0.3 is 12.1 Å². The van der Waals surface area contributed by atoms with Crippen LogP contribution in [0, 0.1) is 0 Å². The fourth-order valence-electron chi connectivity index (χ4n) is 1.05.